The van der Waals surface area contributed by atoms with Gasteiger partial charge < -0.3 is 4.18 Å². The van der Waals surface area contributed by atoms with E-state index in [0.29, 0.717) is 0 Å². The number of nitrogens with zero attached hydrogens (tertiary/aromatic N) is 1. The molecule has 0 bridgehead atoms. The van der Waals surface area contributed by atoms with Crippen LogP contribution in [0.25, 0.3) is 0 Å². The summed E-state index contributed by atoms with van der Waals surface area (Å²) >= 11 is 0. The molecule has 0 aliphatic carbocycles. The highest BCUT2D eigenvalue weighted by molar-refractivity contribution is 7.87. The number of hydrogen-bond donors (Lipinski definition) is 0. The molecule has 1 aromatic heterocycles. The molecule has 0 amide bonds. The predicted molar refractivity (Wildman–Crippen MR) is 58.5 cm³/mol. The normalized spacial score (nSPS) is 11.0. The second-order valence-electron chi connectivity index (χ2n) is 3.02. The summed E-state index contributed by atoms with van der Waals surface area (Å²) in [7, 11) is -3.82. The molecule has 2 rings (SSSR count). The van der Waals surface area contributed by atoms with Crippen LogP contribution in [0.5, 0.6) is 5.75 Å². The van der Waals surface area contributed by atoms with Crippen molar-refractivity contribution in [3.63, 3.8) is 0 Å². The minimum Gasteiger partial charge on any atom is -0.378 e. The smallest absolute Gasteiger partial charge is 0.356 e. The topological polar surface area (TPSA) is 56.3 Å². The van der Waals surface area contributed by atoms with E-state index in [1.807, 2.05) is 0 Å². The minimum absolute atomic E-state index is 0.0983. The molecule has 0 saturated heterocycles. The number of para-hydroxylation sites is 1. The Morgan fingerprint density at radius 2 is 1.62 bits per heavy atom. The zero-order chi connectivity index (χ0) is 11.4. The maximum atomic E-state index is 11.7. The third kappa shape index (κ3) is 2.38. The number of aromatic nitrogens is 1. The first-order valence-electron chi connectivity index (χ1n) is 4.59. The quantitative estimate of drug-likeness (QED) is 0.762. The Labute approximate surface area is 93.7 Å². The fourth-order valence-electron chi connectivity index (χ4n) is 1.14. The molecule has 16 heavy (non-hydrogen) atoms. The van der Waals surface area contributed by atoms with Gasteiger partial charge in [-0.2, -0.15) is 8.42 Å². The van der Waals surface area contributed by atoms with Crippen molar-refractivity contribution in [3.8, 4) is 5.75 Å². The van der Waals surface area contributed by atoms with E-state index in [-0.39, 0.29) is 10.8 Å². The highest BCUT2D eigenvalue weighted by Gasteiger charge is 2.17. The molecule has 0 aliphatic heterocycles. The standard InChI is InChI=1S/C11H9NO3S/c13-16(14,11-8-4-5-9-12-11)15-10-6-2-1-3-7-10/h1-9H. The number of hydrogen-bond acceptors (Lipinski definition) is 4. The van der Waals surface area contributed by atoms with Crippen LogP contribution in [0.15, 0.2) is 59.8 Å². The van der Waals surface area contributed by atoms with Gasteiger partial charge in [0.2, 0.25) is 0 Å². The van der Waals surface area contributed by atoms with Gasteiger partial charge >= 0.3 is 10.1 Å². The lowest BCUT2D eigenvalue weighted by Gasteiger charge is -2.05. The van der Waals surface area contributed by atoms with Crippen molar-refractivity contribution >= 4 is 10.1 Å². The first-order valence-corrected chi connectivity index (χ1v) is 6.00. The summed E-state index contributed by atoms with van der Waals surface area (Å²) in [4.78, 5) is 3.73. The minimum atomic E-state index is -3.82. The van der Waals surface area contributed by atoms with E-state index in [1.54, 1.807) is 42.5 Å². The van der Waals surface area contributed by atoms with Crippen molar-refractivity contribution in [3.05, 3.63) is 54.7 Å². The van der Waals surface area contributed by atoms with Crippen molar-refractivity contribution < 1.29 is 12.6 Å². The Morgan fingerprint density at radius 1 is 0.938 bits per heavy atom. The zero-order valence-corrected chi connectivity index (χ0v) is 9.09. The van der Waals surface area contributed by atoms with Gasteiger partial charge in [0.25, 0.3) is 0 Å². The summed E-state index contributed by atoms with van der Waals surface area (Å²) in [6.07, 6.45) is 1.40. The fraction of sp³-hybridized carbons (Fsp3) is 0. The summed E-state index contributed by atoms with van der Waals surface area (Å²) in [5, 5.41) is -0.0983. The average molecular weight is 235 g/mol. The van der Waals surface area contributed by atoms with Crippen molar-refractivity contribution in [1.82, 2.24) is 4.98 Å². The Kier molecular flexibility index (Phi) is 2.87. The molecule has 0 spiro atoms. The summed E-state index contributed by atoms with van der Waals surface area (Å²) in [6.45, 7) is 0. The molecular weight excluding hydrogens is 226 g/mol. The largest absolute Gasteiger partial charge is 0.378 e. The fourth-order valence-corrected chi connectivity index (χ4v) is 2.03. The van der Waals surface area contributed by atoms with Crippen LogP contribution >= 0.6 is 0 Å². The van der Waals surface area contributed by atoms with Crippen LogP contribution in [0.2, 0.25) is 0 Å². The molecule has 0 aliphatic rings. The van der Waals surface area contributed by atoms with Crippen molar-refractivity contribution in [2.45, 2.75) is 5.03 Å². The highest BCUT2D eigenvalue weighted by Crippen LogP contribution is 2.15. The van der Waals surface area contributed by atoms with Gasteiger partial charge in [0.15, 0.2) is 5.03 Å². The molecule has 0 fully saturated rings. The van der Waals surface area contributed by atoms with Gasteiger partial charge in [0.05, 0.1) is 0 Å². The second-order valence-corrected chi connectivity index (χ2v) is 4.51. The third-order valence-corrected chi connectivity index (χ3v) is 3.01. The molecule has 0 N–H and O–H groups in total. The third-order valence-electron chi connectivity index (χ3n) is 1.84. The Morgan fingerprint density at radius 3 is 2.25 bits per heavy atom. The monoisotopic (exact) mass is 235 g/mol. The Hall–Kier alpha value is -1.88. The number of rotatable bonds is 3. The summed E-state index contributed by atoms with van der Waals surface area (Å²) in [6, 6.07) is 12.9. The maximum absolute atomic E-state index is 11.7. The lowest BCUT2D eigenvalue weighted by Crippen LogP contribution is -2.11. The molecule has 0 saturated carbocycles. The summed E-state index contributed by atoms with van der Waals surface area (Å²) in [5.74, 6) is 0.271. The van der Waals surface area contributed by atoms with Crippen molar-refractivity contribution in [2.24, 2.45) is 0 Å². The van der Waals surface area contributed by atoms with Gasteiger partial charge in [-0.1, -0.05) is 24.3 Å². The predicted octanol–water partition coefficient (Wildman–Crippen LogP) is 1.85. The van der Waals surface area contributed by atoms with E-state index >= 15 is 0 Å². The lowest BCUT2D eigenvalue weighted by molar-refractivity contribution is 0.482. The van der Waals surface area contributed by atoms with Gasteiger partial charge in [0, 0.05) is 6.20 Å². The van der Waals surface area contributed by atoms with Gasteiger partial charge in [-0.05, 0) is 24.3 Å². The van der Waals surface area contributed by atoms with Crippen molar-refractivity contribution in [1.29, 1.82) is 0 Å². The molecule has 0 radical (unpaired) electrons. The SMILES string of the molecule is O=S(=O)(Oc1ccccc1)c1ccccn1. The first kappa shape index (κ1) is 10.6. The molecule has 82 valence electrons. The molecule has 1 aromatic carbocycles. The van der Waals surface area contributed by atoms with Crippen molar-refractivity contribution in [2.75, 3.05) is 0 Å². The molecule has 4 nitrogen and oxygen atoms in total. The maximum Gasteiger partial charge on any atom is 0.356 e. The van der Waals surface area contributed by atoms with E-state index in [1.165, 1.54) is 12.3 Å². The molecule has 0 atom stereocenters. The number of pyridine rings is 1. The molecular formula is C11H9NO3S. The van der Waals surface area contributed by atoms with Crippen LogP contribution in [0.1, 0.15) is 0 Å². The Bertz CT molecular complexity index is 552. The van der Waals surface area contributed by atoms with E-state index in [9.17, 15) is 8.42 Å². The van der Waals surface area contributed by atoms with E-state index in [4.69, 9.17) is 4.18 Å². The van der Waals surface area contributed by atoms with E-state index < -0.39 is 10.1 Å². The van der Waals surface area contributed by atoms with Gasteiger partial charge in [0.1, 0.15) is 5.75 Å². The van der Waals surface area contributed by atoms with Crippen LogP contribution < -0.4 is 4.18 Å². The molecule has 1 heterocycles. The van der Waals surface area contributed by atoms with Crippen LogP contribution in [0, 0.1) is 0 Å². The summed E-state index contributed by atoms with van der Waals surface area (Å²) in [5.41, 5.74) is 0. The van der Waals surface area contributed by atoms with Crippen LogP contribution in [0.4, 0.5) is 0 Å². The molecule has 0 unspecified atom stereocenters. The van der Waals surface area contributed by atoms with Crippen LogP contribution in [-0.4, -0.2) is 13.4 Å². The number of benzene rings is 1. The van der Waals surface area contributed by atoms with E-state index in [0.717, 1.165) is 0 Å². The van der Waals surface area contributed by atoms with Gasteiger partial charge in [-0.25, -0.2) is 4.98 Å². The van der Waals surface area contributed by atoms with E-state index in [2.05, 4.69) is 4.98 Å². The second kappa shape index (κ2) is 4.32. The van der Waals surface area contributed by atoms with Gasteiger partial charge in [-0.15, -0.1) is 0 Å². The summed E-state index contributed by atoms with van der Waals surface area (Å²) < 4.78 is 28.3. The average Bonchev–Trinajstić information content (AvgIpc) is 2.31. The van der Waals surface area contributed by atoms with Gasteiger partial charge in [-0.3, -0.25) is 0 Å². The molecule has 2 aromatic rings. The van der Waals surface area contributed by atoms with Crippen LogP contribution in [0.3, 0.4) is 0 Å². The lowest BCUT2D eigenvalue weighted by atomic mass is 10.3. The Balaban J connectivity index is 2.29. The van der Waals surface area contributed by atoms with Crippen LogP contribution in [-0.2, 0) is 10.1 Å². The molecule has 5 heteroatoms. The first-order chi connectivity index (χ1) is 7.68. The zero-order valence-electron chi connectivity index (χ0n) is 8.28. The highest BCUT2D eigenvalue weighted by atomic mass is 32.2.